The zero-order valence-corrected chi connectivity index (χ0v) is 11.9. The second-order valence-corrected chi connectivity index (χ2v) is 3.66. The number of esters is 1. The number of hydrogen-bond donors (Lipinski definition) is 1. The van der Waals surface area contributed by atoms with Crippen molar-refractivity contribution < 1.29 is 9.53 Å². The maximum absolute atomic E-state index is 11.6. The van der Waals surface area contributed by atoms with E-state index in [-0.39, 0.29) is 5.97 Å². The van der Waals surface area contributed by atoms with Gasteiger partial charge in [-0.15, -0.1) is 0 Å². The maximum atomic E-state index is 11.6. The van der Waals surface area contributed by atoms with E-state index in [1.165, 1.54) is 0 Å². The van der Waals surface area contributed by atoms with Crippen molar-refractivity contribution in [2.45, 2.75) is 27.7 Å². The molecule has 0 fully saturated rings. The van der Waals surface area contributed by atoms with Gasteiger partial charge in [-0.25, -0.2) is 4.79 Å². The smallest absolute Gasteiger partial charge is 0.356 e. The molecule has 1 heterocycles. The molecule has 4 heteroatoms. The summed E-state index contributed by atoms with van der Waals surface area (Å²) in [5, 5.41) is 6.90. The Kier molecular flexibility index (Phi) is 5.79. The van der Waals surface area contributed by atoms with E-state index in [9.17, 15) is 4.79 Å². The number of carbonyl (C=O) groups excluding carboxylic acids is 1. The molecule has 0 saturated carbocycles. The van der Waals surface area contributed by atoms with Crippen molar-refractivity contribution in [1.29, 1.82) is 0 Å². The fourth-order valence-electron chi connectivity index (χ4n) is 1.68. The van der Waals surface area contributed by atoms with Crippen LogP contribution in [-0.2, 0) is 4.74 Å². The summed E-state index contributed by atoms with van der Waals surface area (Å²) in [6.45, 7) is 8.00. The minimum atomic E-state index is -0.361. The van der Waals surface area contributed by atoms with Crippen LogP contribution in [0.1, 0.15) is 36.8 Å². The predicted molar refractivity (Wildman–Crippen MR) is 76.1 cm³/mol. The van der Waals surface area contributed by atoms with Crippen molar-refractivity contribution in [2.75, 3.05) is 6.61 Å². The highest BCUT2D eigenvalue weighted by molar-refractivity contribution is 5.91. The summed E-state index contributed by atoms with van der Waals surface area (Å²) in [7, 11) is 0. The number of rotatable bonds is 3. The van der Waals surface area contributed by atoms with E-state index in [4.69, 9.17) is 4.74 Å². The van der Waals surface area contributed by atoms with Crippen molar-refractivity contribution in [3.63, 3.8) is 0 Å². The lowest BCUT2D eigenvalue weighted by Gasteiger charge is -2.00. The van der Waals surface area contributed by atoms with Gasteiger partial charge in [-0.05, 0) is 13.8 Å². The Hall–Kier alpha value is -2.10. The second-order valence-electron chi connectivity index (χ2n) is 3.66. The standard InChI is InChI=1S/C13H14N2O2.C2H6/c1-3-17-13(16)12-9(2)11(14-15-12)10-7-5-4-6-8-10;1-2/h4-8H,3H2,1-2H3,(H,14,15);1-2H3. The number of ether oxygens (including phenoxy) is 1. The van der Waals surface area contributed by atoms with Crippen LogP contribution >= 0.6 is 0 Å². The molecule has 0 saturated heterocycles. The first-order valence-electron chi connectivity index (χ1n) is 6.51. The highest BCUT2D eigenvalue weighted by Crippen LogP contribution is 2.22. The molecule has 0 bridgehead atoms. The molecule has 0 aliphatic heterocycles. The Morgan fingerprint density at radius 3 is 2.47 bits per heavy atom. The van der Waals surface area contributed by atoms with Crippen LogP contribution in [0.25, 0.3) is 11.3 Å². The quantitative estimate of drug-likeness (QED) is 0.858. The summed E-state index contributed by atoms with van der Waals surface area (Å²) in [6, 6.07) is 9.73. The van der Waals surface area contributed by atoms with Crippen LogP contribution < -0.4 is 0 Å². The van der Waals surface area contributed by atoms with Gasteiger partial charge >= 0.3 is 5.97 Å². The molecule has 0 spiro atoms. The third-order valence-corrected chi connectivity index (χ3v) is 2.54. The molecule has 1 aromatic carbocycles. The largest absolute Gasteiger partial charge is 0.461 e. The Morgan fingerprint density at radius 1 is 1.26 bits per heavy atom. The third kappa shape index (κ3) is 3.44. The number of nitrogens with one attached hydrogen (secondary N) is 1. The third-order valence-electron chi connectivity index (χ3n) is 2.54. The summed E-state index contributed by atoms with van der Waals surface area (Å²) >= 11 is 0. The van der Waals surface area contributed by atoms with E-state index in [1.54, 1.807) is 6.92 Å². The van der Waals surface area contributed by atoms with Gasteiger partial charge in [-0.1, -0.05) is 44.2 Å². The van der Waals surface area contributed by atoms with Crippen LogP contribution in [0.5, 0.6) is 0 Å². The van der Waals surface area contributed by atoms with Crippen molar-refractivity contribution in [3.8, 4) is 11.3 Å². The molecule has 0 amide bonds. The first kappa shape index (κ1) is 15.0. The monoisotopic (exact) mass is 260 g/mol. The first-order chi connectivity index (χ1) is 9.24. The molecule has 2 rings (SSSR count). The van der Waals surface area contributed by atoms with Gasteiger partial charge in [-0.2, -0.15) is 5.10 Å². The van der Waals surface area contributed by atoms with Crippen LogP contribution in [0.4, 0.5) is 0 Å². The van der Waals surface area contributed by atoms with E-state index >= 15 is 0 Å². The van der Waals surface area contributed by atoms with Gasteiger partial charge in [0.1, 0.15) is 5.69 Å². The summed E-state index contributed by atoms with van der Waals surface area (Å²) < 4.78 is 4.95. The maximum Gasteiger partial charge on any atom is 0.356 e. The summed E-state index contributed by atoms with van der Waals surface area (Å²) in [5.41, 5.74) is 3.01. The molecular formula is C15H20N2O2. The van der Waals surface area contributed by atoms with Crippen LogP contribution in [-0.4, -0.2) is 22.8 Å². The van der Waals surface area contributed by atoms with Crippen molar-refractivity contribution in [2.24, 2.45) is 0 Å². The fraction of sp³-hybridized carbons (Fsp3) is 0.333. The zero-order valence-electron chi connectivity index (χ0n) is 11.9. The number of benzene rings is 1. The fourth-order valence-corrected chi connectivity index (χ4v) is 1.68. The van der Waals surface area contributed by atoms with E-state index < -0.39 is 0 Å². The zero-order chi connectivity index (χ0) is 14.3. The predicted octanol–water partition coefficient (Wildman–Crippen LogP) is 3.59. The van der Waals surface area contributed by atoms with Crippen LogP contribution in [0.3, 0.4) is 0 Å². The number of H-pyrrole nitrogens is 1. The molecule has 1 N–H and O–H groups in total. The number of hydrogen-bond acceptors (Lipinski definition) is 3. The number of carbonyl (C=O) groups is 1. The van der Waals surface area contributed by atoms with Gasteiger partial charge in [0.25, 0.3) is 0 Å². The minimum absolute atomic E-state index is 0.359. The molecule has 1 aromatic heterocycles. The van der Waals surface area contributed by atoms with E-state index in [1.807, 2.05) is 51.1 Å². The van der Waals surface area contributed by atoms with E-state index in [2.05, 4.69) is 10.2 Å². The molecule has 2 aromatic rings. The highest BCUT2D eigenvalue weighted by Gasteiger charge is 2.17. The minimum Gasteiger partial charge on any atom is -0.461 e. The lowest BCUT2D eigenvalue weighted by molar-refractivity contribution is 0.0518. The molecule has 19 heavy (non-hydrogen) atoms. The van der Waals surface area contributed by atoms with Gasteiger partial charge in [0.05, 0.1) is 12.3 Å². The topological polar surface area (TPSA) is 55.0 Å². The summed E-state index contributed by atoms with van der Waals surface area (Å²) in [4.78, 5) is 11.6. The summed E-state index contributed by atoms with van der Waals surface area (Å²) in [6.07, 6.45) is 0. The molecule has 0 atom stereocenters. The van der Waals surface area contributed by atoms with Gasteiger partial charge in [0.2, 0.25) is 0 Å². The molecule has 0 aliphatic rings. The van der Waals surface area contributed by atoms with Gasteiger partial charge < -0.3 is 4.74 Å². The van der Waals surface area contributed by atoms with Crippen molar-refractivity contribution >= 4 is 5.97 Å². The number of aromatic amines is 1. The van der Waals surface area contributed by atoms with Crippen LogP contribution in [0.2, 0.25) is 0 Å². The van der Waals surface area contributed by atoms with Crippen LogP contribution in [0.15, 0.2) is 30.3 Å². The molecule has 4 nitrogen and oxygen atoms in total. The SMILES string of the molecule is CC.CCOC(=O)c1[nH]nc(-c2ccccc2)c1C. The molecule has 0 unspecified atom stereocenters. The highest BCUT2D eigenvalue weighted by atomic mass is 16.5. The average Bonchev–Trinajstić information content (AvgIpc) is 2.84. The van der Waals surface area contributed by atoms with Gasteiger partial charge in [0, 0.05) is 11.1 Å². The Bertz CT molecular complexity index is 518. The summed E-state index contributed by atoms with van der Waals surface area (Å²) in [5.74, 6) is -0.361. The van der Waals surface area contributed by atoms with Crippen molar-refractivity contribution in [1.82, 2.24) is 10.2 Å². The van der Waals surface area contributed by atoms with Gasteiger partial charge in [0.15, 0.2) is 0 Å². The molecule has 102 valence electrons. The molecular weight excluding hydrogens is 240 g/mol. The Labute approximate surface area is 113 Å². The molecule has 0 aliphatic carbocycles. The Morgan fingerprint density at radius 2 is 1.89 bits per heavy atom. The lowest BCUT2D eigenvalue weighted by atomic mass is 10.1. The average molecular weight is 260 g/mol. The first-order valence-corrected chi connectivity index (χ1v) is 6.51. The van der Waals surface area contributed by atoms with E-state index in [0.717, 1.165) is 16.8 Å². The lowest BCUT2D eigenvalue weighted by Crippen LogP contribution is -2.06. The normalized spacial score (nSPS) is 9.47. The Balaban J connectivity index is 0.000000861. The second kappa shape index (κ2) is 7.36. The van der Waals surface area contributed by atoms with Gasteiger partial charge in [-0.3, -0.25) is 5.10 Å². The van der Waals surface area contributed by atoms with Crippen LogP contribution in [0, 0.1) is 6.92 Å². The number of nitrogens with zero attached hydrogens (tertiary/aromatic N) is 1. The van der Waals surface area contributed by atoms with Crippen molar-refractivity contribution in [3.05, 3.63) is 41.6 Å². The molecule has 0 radical (unpaired) electrons. The number of aromatic nitrogens is 2. The van der Waals surface area contributed by atoms with E-state index in [0.29, 0.717) is 12.3 Å².